The Hall–Kier alpha value is -5.91. The molecule has 1 unspecified atom stereocenters. The number of methoxy groups -OCH3 is 1. The van der Waals surface area contributed by atoms with Gasteiger partial charge < -0.3 is 30.3 Å². The lowest BCUT2D eigenvalue weighted by Gasteiger charge is -2.35. The molecule has 50 heavy (non-hydrogen) atoms. The zero-order chi connectivity index (χ0) is 34.4. The van der Waals surface area contributed by atoms with Gasteiger partial charge in [-0.1, -0.05) is 12.1 Å². The molecule has 1 aliphatic heterocycles. The van der Waals surface area contributed by atoms with Crippen molar-refractivity contribution < 1.29 is 9.53 Å². The van der Waals surface area contributed by atoms with E-state index < -0.39 is 17.0 Å². The maximum Gasteiger partial charge on any atom is 0.293 e. The number of H-pyrrole nitrogens is 3. The predicted octanol–water partition coefficient (Wildman–Crippen LogP) is 2.78. The van der Waals surface area contributed by atoms with Crippen molar-refractivity contribution >= 4 is 49.0 Å². The number of aromatic nitrogens is 8. The van der Waals surface area contributed by atoms with Crippen molar-refractivity contribution in [2.75, 3.05) is 20.2 Å². The molecule has 1 atom stereocenters. The molecule has 17 heteroatoms. The van der Waals surface area contributed by atoms with Crippen molar-refractivity contribution in [2.24, 2.45) is 5.92 Å². The molecule has 1 amide bonds. The molecule has 250 valence electrons. The van der Waals surface area contributed by atoms with Gasteiger partial charge in [0.05, 0.1) is 30.9 Å². The van der Waals surface area contributed by atoms with Crippen LogP contribution in [0.1, 0.15) is 33.2 Å². The van der Waals surface area contributed by atoms with E-state index in [1.54, 1.807) is 36.0 Å². The summed E-state index contributed by atoms with van der Waals surface area (Å²) < 4.78 is 5.76. The van der Waals surface area contributed by atoms with Crippen molar-refractivity contribution in [3.05, 3.63) is 113 Å². The van der Waals surface area contributed by atoms with E-state index in [4.69, 9.17) is 14.7 Å². The Labute approximate surface area is 288 Å². The first kappa shape index (κ1) is 31.4. The molecule has 0 saturated carbocycles. The third-order valence-electron chi connectivity index (χ3n) is 8.50. The molecule has 8 heterocycles. The Balaban J connectivity index is 1.10. The normalized spacial score (nSPS) is 13.7. The highest BCUT2D eigenvalue weighted by Crippen LogP contribution is 2.39. The second-order valence-electron chi connectivity index (χ2n) is 11.5. The summed E-state index contributed by atoms with van der Waals surface area (Å²) in [4.78, 5) is 82.2. The van der Waals surface area contributed by atoms with Crippen molar-refractivity contribution in [1.29, 1.82) is 0 Å². The van der Waals surface area contributed by atoms with Crippen molar-refractivity contribution in [3.8, 4) is 28.8 Å². The SMILES string of the molecule is COc1cnc(CNC(=O)c2csc3c(=O)[nH]c(-c4ccc(C(c5csc6c(=O)[nH]c(-c7ccccn7)nc56)C5CNC5)cn4)nc23)[nH]c1=O. The first-order chi connectivity index (χ1) is 24.4. The van der Waals surface area contributed by atoms with Gasteiger partial charge in [-0.15, -0.1) is 22.7 Å². The maximum absolute atomic E-state index is 13.2. The van der Waals surface area contributed by atoms with Gasteiger partial charge in [-0.05, 0) is 40.6 Å². The standard InChI is InChI=1S/C33H26N10O5S2/c1-48-21-11-37-22(39-31(21)45)12-38-30(44)18-14-50-27-25(18)41-29(43-33(27)47)20-6-5-15(10-36-20)23(16-8-34-9-16)17-13-49-26-24(17)40-28(42-32(26)46)19-4-2-3-7-35-19/h2-7,10-11,13-14,16,23,34H,8-9,12H2,1H3,(H,38,44)(H,37,39,45)(H,40,42,46)(H,41,43,47). The smallest absolute Gasteiger partial charge is 0.293 e. The zero-order valence-electron chi connectivity index (χ0n) is 26.1. The molecule has 8 rings (SSSR count). The highest BCUT2D eigenvalue weighted by atomic mass is 32.1. The van der Waals surface area contributed by atoms with Crippen LogP contribution in [0.5, 0.6) is 5.75 Å². The highest BCUT2D eigenvalue weighted by molar-refractivity contribution is 7.17. The van der Waals surface area contributed by atoms with E-state index >= 15 is 0 Å². The maximum atomic E-state index is 13.2. The summed E-state index contributed by atoms with van der Waals surface area (Å²) in [6.45, 7) is 1.53. The van der Waals surface area contributed by atoms with Gasteiger partial charge in [0, 0.05) is 36.8 Å². The number of carbonyl (C=O) groups excluding carboxylic acids is 1. The minimum atomic E-state index is -0.485. The summed E-state index contributed by atoms with van der Waals surface area (Å²) in [5.41, 5.74) is 2.84. The summed E-state index contributed by atoms with van der Waals surface area (Å²) in [6, 6.07) is 9.17. The summed E-state index contributed by atoms with van der Waals surface area (Å²) in [5.74, 6) is 0.560. The lowest BCUT2D eigenvalue weighted by molar-refractivity contribution is 0.0951. The number of ether oxygens (including phenoxy) is 1. The molecular weight excluding hydrogens is 681 g/mol. The van der Waals surface area contributed by atoms with Crippen molar-refractivity contribution in [2.45, 2.75) is 12.5 Å². The van der Waals surface area contributed by atoms with Gasteiger partial charge in [-0.25, -0.2) is 15.0 Å². The number of hydrogen-bond donors (Lipinski definition) is 5. The molecule has 0 bridgehead atoms. The molecule has 5 N–H and O–H groups in total. The number of hydrogen-bond acceptors (Lipinski definition) is 13. The van der Waals surface area contributed by atoms with Gasteiger partial charge in [0.25, 0.3) is 22.6 Å². The van der Waals surface area contributed by atoms with Crippen LogP contribution in [0.3, 0.4) is 0 Å². The van der Waals surface area contributed by atoms with Crippen LogP contribution in [-0.4, -0.2) is 66.0 Å². The molecule has 0 aliphatic carbocycles. The first-order valence-electron chi connectivity index (χ1n) is 15.4. The number of rotatable bonds is 9. The highest BCUT2D eigenvalue weighted by Gasteiger charge is 2.33. The topological polar surface area (TPSA) is 213 Å². The van der Waals surface area contributed by atoms with Gasteiger partial charge in [0.1, 0.15) is 32.1 Å². The van der Waals surface area contributed by atoms with Crippen LogP contribution < -0.4 is 32.0 Å². The molecule has 1 aliphatic rings. The summed E-state index contributed by atoms with van der Waals surface area (Å²) >= 11 is 2.46. The molecule has 15 nitrogen and oxygen atoms in total. The van der Waals surface area contributed by atoms with Crippen LogP contribution in [0.4, 0.5) is 0 Å². The number of nitrogens with zero attached hydrogens (tertiary/aromatic N) is 5. The van der Waals surface area contributed by atoms with Crippen LogP contribution in [-0.2, 0) is 6.54 Å². The minimum absolute atomic E-state index is 0.0556. The molecule has 1 saturated heterocycles. The Morgan fingerprint density at radius 2 is 1.62 bits per heavy atom. The van der Waals surface area contributed by atoms with E-state index in [1.807, 2.05) is 17.5 Å². The van der Waals surface area contributed by atoms with Crippen LogP contribution in [0.15, 0.2) is 74.1 Å². The third kappa shape index (κ3) is 5.66. The molecular formula is C33H26N10O5S2. The van der Waals surface area contributed by atoms with Gasteiger partial charge in [-0.3, -0.25) is 29.1 Å². The summed E-state index contributed by atoms with van der Waals surface area (Å²) in [7, 11) is 1.36. The van der Waals surface area contributed by atoms with Crippen LogP contribution in [0.2, 0.25) is 0 Å². The Morgan fingerprint density at radius 1 is 0.880 bits per heavy atom. The fourth-order valence-corrected chi connectivity index (χ4v) is 7.71. The number of aromatic amines is 3. The fraction of sp³-hybridized carbons (Fsp3) is 0.182. The van der Waals surface area contributed by atoms with Crippen molar-refractivity contribution in [1.82, 2.24) is 50.5 Å². The quantitative estimate of drug-likeness (QED) is 0.147. The van der Waals surface area contributed by atoms with Crippen LogP contribution in [0.25, 0.3) is 43.5 Å². The Bertz CT molecular complexity index is 2570. The second kappa shape index (κ2) is 12.8. The van der Waals surface area contributed by atoms with Crippen molar-refractivity contribution in [3.63, 3.8) is 0 Å². The first-order valence-corrected chi connectivity index (χ1v) is 17.2. The van der Waals surface area contributed by atoms with Crippen LogP contribution in [0, 0.1) is 5.92 Å². The average Bonchev–Trinajstić information content (AvgIpc) is 3.75. The average molecular weight is 707 g/mol. The van der Waals surface area contributed by atoms with E-state index in [-0.39, 0.29) is 52.4 Å². The largest absolute Gasteiger partial charge is 0.490 e. The van der Waals surface area contributed by atoms with Gasteiger partial charge >= 0.3 is 0 Å². The lowest BCUT2D eigenvalue weighted by atomic mass is 9.79. The number of fused-ring (bicyclic) bond motifs is 2. The van der Waals surface area contributed by atoms with E-state index in [0.29, 0.717) is 32.1 Å². The van der Waals surface area contributed by atoms with Crippen LogP contribution >= 0.6 is 22.7 Å². The molecule has 1 fully saturated rings. The molecule has 0 radical (unpaired) electrons. The third-order valence-corrected chi connectivity index (χ3v) is 10.5. The number of thiophene rings is 2. The minimum Gasteiger partial charge on any atom is -0.490 e. The number of carbonyl (C=O) groups is 1. The number of pyridine rings is 2. The molecule has 0 aromatic carbocycles. The monoisotopic (exact) mass is 706 g/mol. The van der Waals surface area contributed by atoms with E-state index in [0.717, 1.165) is 35.6 Å². The van der Waals surface area contributed by atoms with Gasteiger partial charge in [0.2, 0.25) is 5.75 Å². The lowest BCUT2D eigenvalue weighted by Crippen LogP contribution is -2.45. The fourth-order valence-electron chi connectivity index (χ4n) is 5.90. The predicted molar refractivity (Wildman–Crippen MR) is 188 cm³/mol. The van der Waals surface area contributed by atoms with E-state index in [2.05, 4.69) is 40.5 Å². The summed E-state index contributed by atoms with van der Waals surface area (Å²) in [5, 5.41) is 9.61. The van der Waals surface area contributed by atoms with E-state index in [1.165, 1.54) is 24.6 Å². The van der Waals surface area contributed by atoms with E-state index in [9.17, 15) is 19.2 Å². The Morgan fingerprint density at radius 3 is 2.28 bits per heavy atom. The van der Waals surface area contributed by atoms with Gasteiger partial charge in [-0.2, -0.15) is 0 Å². The number of amides is 1. The Kier molecular flexibility index (Phi) is 8.06. The zero-order valence-corrected chi connectivity index (χ0v) is 27.8. The molecule has 7 aromatic rings. The molecule has 7 aromatic heterocycles. The number of nitrogens with one attached hydrogen (secondary N) is 5. The second-order valence-corrected chi connectivity index (χ2v) is 13.3. The molecule has 0 spiro atoms. The summed E-state index contributed by atoms with van der Waals surface area (Å²) in [6.07, 6.45) is 4.68. The van der Waals surface area contributed by atoms with Gasteiger partial charge in [0.15, 0.2) is 11.6 Å².